The van der Waals surface area contributed by atoms with Crippen molar-refractivity contribution in [1.29, 1.82) is 0 Å². The van der Waals surface area contributed by atoms with Crippen LogP contribution in [0.2, 0.25) is 0 Å². The zero-order valence-corrected chi connectivity index (χ0v) is 37.7. The van der Waals surface area contributed by atoms with Crippen LogP contribution in [0, 0.1) is 36.7 Å². The maximum Gasteiger partial charge on any atom is 0.164 e. The SMILES string of the molecule is CCC(C)(CC)C(=O)/C=C(\O)C(C)(CC)CC.Cc1sc2c(-c3ccc(CC(C)C)cc3)cc(-c3[c-]c4ccccc4c(C(C)(C)C)c3)nc2c1C.[Ir]. The number of ketones is 1. The Morgan fingerprint density at radius 1 is 0.868 bits per heavy atom. The van der Waals surface area contributed by atoms with Gasteiger partial charge in [-0.2, -0.15) is 0 Å². The molecule has 0 bridgehead atoms. The number of pyridine rings is 1. The van der Waals surface area contributed by atoms with Crippen molar-refractivity contribution >= 4 is 38.1 Å². The van der Waals surface area contributed by atoms with E-state index in [4.69, 9.17) is 4.98 Å². The van der Waals surface area contributed by atoms with Crippen molar-refractivity contribution in [1.82, 2.24) is 4.98 Å². The molecule has 3 nitrogen and oxygen atoms in total. The van der Waals surface area contributed by atoms with E-state index < -0.39 is 0 Å². The molecule has 2 aromatic heterocycles. The first-order chi connectivity index (χ1) is 24.4. The maximum atomic E-state index is 12.2. The summed E-state index contributed by atoms with van der Waals surface area (Å²) >= 11 is 1.86. The fraction of sp³-hybridized carbons (Fsp3) is 0.458. The molecule has 287 valence electrons. The van der Waals surface area contributed by atoms with Gasteiger partial charge in [-0.05, 0) is 79.5 Å². The molecule has 5 rings (SSSR count). The number of carbonyl (C=O) groups is 1. The Labute approximate surface area is 338 Å². The van der Waals surface area contributed by atoms with Gasteiger partial charge in [-0.15, -0.1) is 40.5 Å². The van der Waals surface area contributed by atoms with E-state index in [9.17, 15) is 9.90 Å². The predicted molar refractivity (Wildman–Crippen MR) is 227 cm³/mol. The molecular formula is C48H62IrNO2S-. The number of carbonyl (C=O) groups excluding carboxylic acids is 1. The van der Waals surface area contributed by atoms with Crippen molar-refractivity contribution in [3.63, 3.8) is 0 Å². The molecule has 0 spiro atoms. The number of hydrogen-bond donors (Lipinski definition) is 1. The summed E-state index contributed by atoms with van der Waals surface area (Å²) in [6.07, 6.45) is 5.86. The molecule has 0 saturated heterocycles. The number of rotatable bonds is 11. The third kappa shape index (κ3) is 9.96. The number of aromatic nitrogens is 1. The smallest absolute Gasteiger partial charge is 0.164 e. The van der Waals surface area contributed by atoms with Crippen molar-refractivity contribution in [2.45, 2.75) is 128 Å². The van der Waals surface area contributed by atoms with E-state index in [0.717, 1.165) is 54.3 Å². The molecule has 5 aromatic rings. The summed E-state index contributed by atoms with van der Waals surface area (Å²) < 4.78 is 1.28. The summed E-state index contributed by atoms with van der Waals surface area (Å²) in [6.45, 7) is 27.9. The van der Waals surface area contributed by atoms with Gasteiger partial charge in [-0.25, -0.2) is 0 Å². The van der Waals surface area contributed by atoms with Crippen LogP contribution in [-0.2, 0) is 36.7 Å². The number of benzene rings is 3. The summed E-state index contributed by atoms with van der Waals surface area (Å²) in [4.78, 5) is 18.7. The standard InChI is InChI=1S/C33H34NS.C15H28O2.Ir/c1-20(2)16-23-12-14-24(15-13-23)28-19-30(34-31-21(3)22(4)35-32(28)31)26-17-25-10-8-9-11-27(25)29(18-26)33(5,6)7;1-7-14(5,8-2)12(16)11-13(17)15(6,9-3)10-4;/h8-15,18-20H,16H2,1-7H3;11,16H,7-10H2,1-6H3;/q-1;;/b;12-11-;. The second-order valence-corrected chi connectivity index (χ2v) is 17.9. The molecule has 0 unspecified atom stereocenters. The van der Waals surface area contributed by atoms with Crippen molar-refractivity contribution in [2.75, 3.05) is 0 Å². The largest absolute Gasteiger partial charge is 0.512 e. The Balaban J connectivity index is 0.000000359. The maximum absolute atomic E-state index is 12.2. The van der Waals surface area contributed by atoms with Crippen LogP contribution in [0.15, 0.2) is 72.5 Å². The zero-order valence-electron chi connectivity index (χ0n) is 34.5. The van der Waals surface area contributed by atoms with Crippen LogP contribution in [0.1, 0.15) is 123 Å². The van der Waals surface area contributed by atoms with Gasteiger partial charge in [0.1, 0.15) is 5.76 Å². The molecule has 0 amide bonds. The Morgan fingerprint density at radius 3 is 2.00 bits per heavy atom. The van der Waals surface area contributed by atoms with E-state index in [1.165, 1.54) is 48.9 Å². The molecule has 5 heteroatoms. The summed E-state index contributed by atoms with van der Waals surface area (Å²) in [7, 11) is 0. The van der Waals surface area contributed by atoms with Crippen molar-refractivity contribution in [3.8, 4) is 22.4 Å². The number of nitrogens with zero attached hydrogens (tertiary/aromatic N) is 1. The van der Waals surface area contributed by atoms with E-state index in [2.05, 4.69) is 115 Å². The second kappa shape index (κ2) is 18.0. The van der Waals surface area contributed by atoms with Crippen molar-refractivity contribution < 1.29 is 30.0 Å². The van der Waals surface area contributed by atoms with Gasteiger partial charge in [-0.1, -0.05) is 136 Å². The van der Waals surface area contributed by atoms with Crippen molar-refractivity contribution in [3.05, 3.63) is 100 Å². The molecular weight excluding hydrogens is 847 g/mol. The predicted octanol–water partition coefficient (Wildman–Crippen LogP) is 14.3. The third-order valence-electron chi connectivity index (χ3n) is 11.5. The van der Waals surface area contributed by atoms with Gasteiger partial charge in [0.05, 0.1) is 10.2 Å². The molecule has 53 heavy (non-hydrogen) atoms. The molecule has 2 heterocycles. The fourth-order valence-corrected chi connectivity index (χ4v) is 7.74. The first-order valence-corrected chi connectivity index (χ1v) is 20.1. The number of aliphatic hydroxyl groups excluding tert-OH is 1. The van der Waals surface area contributed by atoms with Crippen LogP contribution < -0.4 is 0 Å². The monoisotopic (exact) mass is 909 g/mol. The number of allylic oxidation sites excluding steroid dienone is 2. The average Bonchev–Trinajstić information content (AvgIpc) is 3.42. The Bertz CT molecular complexity index is 2040. The van der Waals surface area contributed by atoms with Gasteiger partial charge in [0.25, 0.3) is 0 Å². The quantitative estimate of drug-likeness (QED) is 0.0816. The number of fused-ring (bicyclic) bond motifs is 2. The minimum Gasteiger partial charge on any atom is -0.512 e. The molecule has 0 aliphatic heterocycles. The summed E-state index contributed by atoms with van der Waals surface area (Å²) in [5.74, 6) is 0.942. The topological polar surface area (TPSA) is 50.2 Å². The van der Waals surface area contributed by atoms with E-state index >= 15 is 0 Å². The number of aliphatic hydroxyl groups is 1. The Kier molecular flexibility index (Phi) is 15.1. The molecule has 1 radical (unpaired) electrons. The summed E-state index contributed by atoms with van der Waals surface area (Å²) in [6, 6.07) is 26.0. The second-order valence-electron chi connectivity index (χ2n) is 16.6. The third-order valence-corrected chi connectivity index (χ3v) is 12.7. The fourth-order valence-electron chi connectivity index (χ4n) is 6.60. The van der Waals surface area contributed by atoms with Crippen LogP contribution in [0.5, 0.6) is 0 Å². The van der Waals surface area contributed by atoms with Crippen molar-refractivity contribution in [2.24, 2.45) is 16.7 Å². The molecule has 0 aliphatic carbocycles. The summed E-state index contributed by atoms with van der Waals surface area (Å²) in [5.41, 5.74) is 9.13. The van der Waals surface area contributed by atoms with E-state index in [-0.39, 0.29) is 47.9 Å². The van der Waals surface area contributed by atoms with E-state index in [0.29, 0.717) is 5.92 Å². The number of hydrogen-bond acceptors (Lipinski definition) is 4. The number of aryl methyl sites for hydroxylation is 2. The first kappa shape index (κ1) is 44.3. The minimum absolute atomic E-state index is 0. The normalized spacial score (nSPS) is 12.5. The summed E-state index contributed by atoms with van der Waals surface area (Å²) in [5, 5.41) is 12.6. The number of thiophene rings is 1. The Morgan fingerprint density at radius 2 is 1.45 bits per heavy atom. The zero-order chi connectivity index (χ0) is 38.6. The minimum atomic E-state index is -0.337. The van der Waals surface area contributed by atoms with Gasteiger partial charge in [-0.3, -0.25) is 9.78 Å². The average molecular weight is 909 g/mol. The van der Waals surface area contributed by atoms with Gasteiger partial charge in [0.15, 0.2) is 5.78 Å². The van der Waals surface area contributed by atoms with Gasteiger partial charge < -0.3 is 5.11 Å². The van der Waals surface area contributed by atoms with Crippen LogP contribution in [0.4, 0.5) is 0 Å². The Hall–Kier alpha value is -3.11. The molecule has 0 atom stereocenters. The molecule has 0 saturated carbocycles. The molecule has 0 aliphatic rings. The van der Waals surface area contributed by atoms with Crippen LogP contribution >= 0.6 is 11.3 Å². The van der Waals surface area contributed by atoms with Crippen LogP contribution in [0.3, 0.4) is 0 Å². The van der Waals surface area contributed by atoms with Gasteiger partial charge >= 0.3 is 0 Å². The van der Waals surface area contributed by atoms with E-state index in [1.807, 2.05) is 52.9 Å². The van der Waals surface area contributed by atoms with Gasteiger partial charge in [0, 0.05) is 47.6 Å². The van der Waals surface area contributed by atoms with E-state index in [1.54, 1.807) is 0 Å². The van der Waals surface area contributed by atoms with Gasteiger partial charge in [0.2, 0.25) is 0 Å². The molecule has 0 fully saturated rings. The molecule has 1 N–H and O–H groups in total. The van der Waals surface area contributed by atoms with Crippen LogP contribution in [0.25, 0.3) is 43.4 Å². The molecule has 3 aromatic carbocycles. The first-order valence-electron chi connectivity index (χ1n) is 19.3. The van der Waals surface area contributed by atoms with Crippen LogP contribution in [-0.4, -0.2) is 15.9 Å².